The molecule has 1 N–H and O–H groups in total. The molecule has 30 heavy (non-hydrogen) atoms. The van der Waals surface area contributed by atoms with E-state index in [1.165, 1.54) is 11.3 Å². The van der Waals surface area contributed by atoms with Gasteiger partial charge in [0.1, 0.15) is 0 Å². The molecule has 2 aliphatic rings. The van der Waals surface area contributed by atoms with Crippen molar-refractivity contribution in [1.29, 1.82) is 0 Å². The highest BCUT2D eigenvalue weighted by Crippen LogP contribution is 2.34. The van der Waals surface area contributed by atoms with Crippen molar-refractivity contribution in [2.45, 2.75) is 19.4 Å². The van der Waals surface area contributed by atoms with Crippen LogP contribution in [0.15, 0.2) is 65.7 Å². The molecule has 6 heteroatoms. The van der Waals surface area contributed by atoms with E-state index in [4.69, 9.17) is 9.73 Å². The number of piperazine rings is 1. The van der Waals surface area contributed by atoms with Gasteiger partial charge in [0.15, 0.2) is 5.96 Å². The van der Waals surface area contributed by atoms with E-state index in [-0.39, 0.29) is 30.1 Å². The summed E-state index contributed by atoms with van der Waals surface area (Å²) in [4.78, 5) is 9.88. The number of ether oxygens (including phenoxy) is 1. The molecule has 2 atom stereocenters. The second-order valence-corrected chi connectivity index (χ2v) is 7.76. The Morgan fingerprint density at radius 3 is 2.33 bits per heavy atom. The molecular weight excluding hydrogens is 487 g/mol. The fourth-order valence-corrected chi connectivity index (χ4v) is 4.28. The third-order valence-corrected chi connectivity index (χ3v) is 5.85. The summed E-state index contributed by atoms with van der Waals surface area (Å²) in [7, 11) is 0. The lowest BCUT2D eigenvalue weighted by molar-refractivity contribution is 0.0925. The molecular formula is C24H33IN4O. The zero-order valence-electron chi connectivity index (χ0n) is 17.7. The van der Waals surface area contributed by atoms with Gasteiger partial charge >= 0.3 is 0 Å². The normalized spacial score (nSPS) is 22.0. The maximum absolute atomic E-state index is 6.04. The lowest BCUT2D eigenvalue weighted by Gasteiger charge is -2.37. The fraction of sp³-hybridized carbons (Fsp3) is 0.458. The molecule has 0 aliphatic carbocycles. The van der Waals surface area contributed by atoms with Crippen LogP contribution in [0.1, 0.15) is 25.0 Å². The highest BCUT2D eigenvalue weighted by molar-refractivity contribution is 14.0. The van der Waals surface area contributed by atoms with E-state index in [0.717, 1.165) is 58.3 Å². The fourth-order valence-electron chi connectivity index (χ4n) is 4.28. The summed E-state index contributed by atoms with van der Waals surface area (Å²) < 4.78 is 6.04. The van der Waals surface area contributed by atoms with Crippen molar-refractivity contribution in [2.24, 2.45) is 10.9 Å². The number of anilines is 1. The Kier molecular flexibility index (Phi) is 8.81. The first-order chi connectivity index (χ1) is 14.3. The lowest BCUT2D eigenvalue weighted by Crippen LogP contribution is -2.52. The van der Waals surface area contributed by atoms with Crippen LogP contribution in [-0.4, -0.2) is 56.7 Å². The molecule has 5 nitrogen and oxygen atoms in total. The summed E-state index contributed by atoms with van der Waals surface area (Å²) in [5.41, 5.74) is 2.58. The predicted octanol–water partition coefficient (Wildman–Crippen LogP) is 4.17. The van der Waals surface area contributed by atoms with Gasteiger partial charge in [-0.3, -0.25) is 4.99 Å². The van der Waals surface area contributed by atoms with E-state index in [1.54, 1.807) is 0 Å². The maximum Gasteiger partial charge on any atom is 0.194 e. The lowest BCUT2D eigenvalue weighted by atomic mass is 9.95. The number of aliphatic imine (C=N–C) groups is 1. The Balaban J connectivity index is 0.00000256. The van der Waals surface area contributed by atoms with E-state index in [1.807, 2.05) is 0 Å². The van der Waals surface area contributed by atoms with Crippen LogP contribution in [0, 0.1) is 5.92 Å². The molecule has 2 saturated heterocycles. The third-order valence-electron chi connectivity index (χ3n) is 5.85. The molecule has 2 aromatic rings. The largest absolute Gasteiger partial charge is 0.373 e. The van der Waals surface area contributed by atoms with Crippen molar-refractivity contribution in [3.8, 4) is 0 Å². The molecule has 0 spiro atoms. The van der Waals surface area contributed by atoms with Crippen molar-refractivity contribution in [1.82, 2.24) is 10.2 Å². The van der Waals surface area contributed by atoms with Crippen molar-refractivity contribution >= 4 is 35.6 Å². The predicted molar refractivity (Wildman–Crippen MR) is 135 cm³/mol. The van der Waals surface area contributed by atoms with Crippen LogP contribution in [-0.2, 0) is 4.74 Å². The van der Waals surface area contributed by atoms with Gasteiger partial charge in [0.05, 0.1) is 6.10 Å². The number of rotatable bonds is 5. The highest BCUT2D eigenvalue weighted by atomic mass is 127. The minimum absolute atomic E-state index is 0. The van der Waals surface area contributed by atoms with Crippen LogP contribution in [0.4, 0.5) is 5.69 Å². The van der Waals surface area contributed by atoms with E-state index in [2.05, 4.69) is 82.7 Å². The number of guanidine groups is 1. The Labute approximate surface area is 197 Å². The van der Waals surface area contributed by atoms with Gasteiger partial charge in [-0.1, -0.05) is 48.5 Å². The van der Waals surface area contributed by atoms with Crippen molar-refractivity contribution in [3.05, 3.63) is 66.2 Å². The van der Waals surface area contributed by atoms with E-state index in [9.17, 15) is 0 Å². The first-order valence-electron chi connectivity index (χ1n) is 10.8. The van der Waals surface area contributed by atoms with Gasteiger partial charge in [-0.2, -0.15) is 0 Å². The molecule has 2 aliphatic heterocycles. The average molecular weight is 520 g/mol. The van der Waals surface area contributed by atoms with Gasteiger partial charge in [0.25, 0.3) is 0 Å². The van der Waals surface area contributed by atoms with Crippen LogP contribution >= 0.6 is 24.0 Å². The summed E-state index contributed by atoms with van der Waals surface area (Å²) in [6.07, 6.45) is 1.24. The zero-order chi connectivity index (χ0) is 19.9. The molecule has 2 fully saturated rings. The van der Waals surface area contributed by atoms with Gasteiger partial charge in [-0.05, 0) is 31.0 Å². The van der Waals surface area contributed by atoms with Crippen LogP contribution < -0.4 is 10.2 Å². The smallest absolute Gasteiger partial charge is 0.194 e. The maximum atomic E-state index is 6.04. The molecule has 2 unspecified atom stereocenters. The molecule has 162 valence electrons. The molecule has 4 rings (SSSR count). The van der Waals surface area contributed by atoms with E-state index >= 15 is 0 Å². The third kappa shape index (κ3) is 5.66. The average Bonchev–Trinajstić information content (AvgIpc) is 3.27. The van der Waals surface area contributed by atoms with Crippen molar-refractivity contribution in [2.75, 3.05) is 50.8 Å². The number of nitrogens with one attached hydrogen (secondary N) is 1. The first-order valence-corrected chi connectivity index (χ1v) is 10.8. The monoisotopic (exact) mass is 520 g/mol. The Morgan fingerprint density at radius 2 is 1.67 bits per heavy atom. The molecule has 0 saturated carbocycles. The molecule has 2 aromatic carbocycles. The van der Waals surface area contributed by atoms with Gasteiger partial charge in [0, 0.05) is 57.5 Å². The number of hydrogen-bond donors (Lipinski definition) is 1. The summed E-state index contributed by atoms with van der Waals surface area (Å²) in [5.74, 6) is 1.48. The Hall–Kier alpha value is -1.80. The van der Waals surface area contributed by atoms with Crippen LogP contribution in [0.3, 0.4) is 0 Å². The van der Waals surface area contributed by atoms with Gasteiger partial charge in [-0.15, -0.1) is 24.0 Å². The number of benzene rings is 2. The summed E-state index contributed by atoms with van der Waals surface area (Å²) >= 11 is 0. The molecule has 2 heterocycles. The van der Waals surface area contributed by atoms with Gasteiger partial charge < -0.3 is 19.9 Å². The van der Waals surface area contributed by atoms with Crippen LogP contribution in [0.5, 0.6) is 0 Å². The summed E-state index contributed by atoms with van der Waals surface area (Å²) in [6, 6.07) is 21.3. The van der Waals surface area contributed by atoms with Gasteiger partial charge in [-0.25, -0.2) is 0 Å². The summed E-state index contributed by atoms with van der Waals surface area (Å²) in [5, 5.41) is 3.50. The van der Waals surface area contributed by atoms with Crippen LogP contribution in [0.2, 0.25) is 0 Å². The summed E-state index contributed by atoms with van der Waals surface area (Å²) in [6.45, 7) is 8.68. The Morgan fingerprint density at radius 1 is 1.00 bits per heavy atom. The number of para-hydroxylation sites is 1. The second-order valence-electron chi connectivity index (χ2n) is 7.76. The minimum atomic E-state index is 0. The SMILES string of the molecule is CCNC(=NCC1CCOC1c1ccccc1)N1CCN(c2ccccc2)CC1.I. The molecule has 0 amide bonds. The van der Waals surface area contributed by atoms with Crippen molar-refractivity contribution < 1.29 is 4.74 Å². The number of nitrogens with zero attached hydrogens (tertiary/aromatic N) is 3. The topological polar surface area (TPSA) is 40.1 Å². The van der Waals surface area contributed by atoms with Gasteiger partial charge in [0.2, 0.25) is 0 Å². The minimum Gasteiger partial charge on any atom is -0.373 e. The van der Waals surface area contributed by atoms with E-state index in [0.29, 0.717) is 5.92 Å². The van der Waals surface area contributed by atoms with E-state index < -0.39 is 0 Å². The number of halogens is 1. The van der Waals surface area contributed by atoms with Crippen molar-refractivity contribution in [3.63, 3.8) is 0 Å². The highest BCUT2D eigenvalue weighted by Gasteiger charge is 2.30. The standard InChI is InChI=1S/C24H32N4O.HI/c1-2-25-24(28-16-14-27(15-17-28)22-11-7-4-8-12-22)26-19-21-13-18-29-23(21)20-9-5-3-6-10-20;/h3-12,21,23H,2,13-19H2,1H3,(H,25,26);1H. The number of hydrogen-bond acceptors (Lipinski definition) is 3. The molecule has 0 bridgehead atoms. The van der Waals surface area contributed by atoms with Crippen LogP contribution in [0.25, 0.3) is 0 Å². The quantitative estimate of drug-likeness (QED) is 0.365. The molecule has 0 aromatic heterocycles. The molecule has 0 radical (unpaired) electrons. The Bertz CT molecular complexity index is 778. The first kappa shape index (κ1) is 22.9. The zero-order valence-corrected chi connectivity index (χ0v) is 20.1. The second kappa shape index (κ2) is 11.6.